The third-order valence-corrected chi connectivity index (χ3v) is 4.91. The van der Waals surface area contributed by atoms with E-state index >= 15 is 0 Å². The number of likely N-dealkylation sites (tertiary alicyclic amines) is 1. The lowest BCUT2D eigenvalue weighted by Crippen LogP contribution is -2.46. The van der Waals surface area contributed by atoms with Crippen LogP contribution in [0.5, 0.6) is 0 Å². The van der Waals surface area contributed by atoms with Crippen LogP contribution in [0.15, 0.2) is 12.7 Å². The second-order valence-electron chi connectivity index (χ2n) is 8.32. The maximum atomic E-state index is 13.7. The van der Waals surface area contributed by atoms with Crippen molar-refractivity contribution in [2.75, 3.05) is 13.2 Å². The number of halogens is 2. The molecule has 0 bridgehead atoms. The minimum absolute atomic E-state index is 0.0571. The summed E-state index contributed by atoms with van der Waals surface area (Å²) in [5.74, 6) is -5.51. The molecule has 1 N–H and O–H groups in total. The molecular weight excluding hydrogens is 374 g/mol. The summed E-state index contributed by atoms with van der Waals surface area (Å²) in [7, 11) is 0. The van der Waals surface area contributed by atoms with Crippen molar-refractivity contribution >= 4 is 18.0 Å². The van der Waals surface area contributed by atoms with Gasteiger partial charge in [0.05, 0.1) is 6.61 Å². The maximum absolute atomic E-state index is 13.7. The molecule has 0 aromatic heterocycles. The molecule has 158 valence electrons. The lowest BCUT2D eigenvalue weighted by molar-refractivity contribution is -0.149. The predicted molar refractivity (Wildman–Crippen MR) is 96.7 cm³/mol. The number of rotatable bonds is 7. The number of hydrogen-bond acceptors (Lipinski definition) is 5. The van der Waals surface area contributed by atoms with E-state index in [0.717, 1.165) is 6.08 Å². The van der Waals surface area contributed by atoms with Gasteiger partial charge in [-0.2, -0.15) is 8.78 Å². The Balaban J connectivity index is 2.11. The van der Waals surface area contributed by atoms with Gasteiger partial charge in [-0.05, 0) is 40.5 Å². The third-order valence-electron chi connectivity index (χ3n) is 4.91. The molecule has 1 saturated heterocycles. The van der Waals surface area contributed by atoms with Gasteiger partial charge in [0.2, 0.25) is 0 Å². The summed E-state index contributed by atoms with van der Waals surface area (Å²) in [6.07, 6.45) is 0.288. The molecule has 0 unspecified atom stereocenters. The van der Waals surface area contributed by atoms with Gasteiger partial charge in [-0.1, -0.05) is 6.08 Å². The number of allylic oxidation sites excluding steroid dienone is 1. The van der Waals surface area contributed by atoms with Gasteiger partial charge in [0.25, 0.3) is 5.91 Å². The molecular formula is C19H28F2N2O5. The highest BCUT2D eigenvalue weighted by atomic mass is 19.3. The number of amides is 2. The van der Waals surface area contributed by atoms with Crippen molar-refractivity contribution in [3.8, 4) is 0 Å². The number of nitrogens with zero attached hydrogens (tertiary/aromatic N) is 1. The Kier molecular flexibility index (Phi) is 6.06. The first-order valence-corrected chi connectivity index (χ1v) is 9.32. The Bertz CT molecular complexity index is 661. The largest absolute Gasteiger partial charge is 0.464 e. The van der Waals surface area contributed by atoms with Gasteiger partial charge in [-0.25, -0.2) is 9.59 Å². The molecule has 0 radical (unpaired) electrons. The van der Waals surface area contributed by atoms with Crippen molar-refractivity contribution in [2.45, 2.75) is 70.6 Å². The van der Waals surface area contributed by atoms with E-state index in [4.69, 9.17) is 9.47 Å². The molecule has 7 nitrogen and oxygen atoms in total. The van der Waals surface area contributed by atoms with Crippen molar-refractivity contribution in [1.82, 2.24) is 10.2 Å². The molecule has 1 aliphatic carbocycles. The summed E-state index contributed by atoms with van der Waals surface area (Å²) >= 11 is 0. The molecule has 2 aliphatic rings. The van der Waals surface area contributed by atoms with Gasteiger partial charge < -0.3 is 14.8 Å². The summed E-state index contributed by atoms with van der Waals surface area (Å²) in [5.41, 5.74) is -1.38. The Labute approximate surface area is 163 Å². The fourth-order valence-electron chi connectivity index (χ4n) is 3.57. The summed E-state index contributed by atoms with van der Waals surface area (Å²) in [6.45, 7) is 10.1. The predicted octanol–water partition coefficient (Wildman–Crippen LogP) is 2.65. The van der Waals surface area contributed by atoms with Crippen molar-refractivity contribution in [3.05, 3.63) is 12.7 Å². The summed E-state index contributed by atoms with van der Waals surface area (Å²) < 4.78 is 37.8. The van der Waals surface area contributed by atoms with E-state index in [-0.39, 0.29) is 25.6 Å². The molecule has 1 heterocycles. The lowest BCUT2D eigenvalue weighted by Gasteiger charge is -2.29. The number of fused-ring (bicyclic) bond motifs is 1. The fourth-order valence-corrected chi connectivity index (χ4v) is 3.57. The van der Waals surface area contributed by atoms with Crippen LogP contribution in [0.25, 0.3) is 0 Å². The first-order valence-electron chi connectivity index (χ1n) is 9.32. The van der Waals surface area contributed by atoms with Crippen LogP contribution in [0, 0.1) is 5.41 Å². The van der Waals surface area contributed by atoms with E-state index in [1.165, 1.54) is 4.90 Å². The van der Waals surface area contributed by atoms with Crippen LogP contribution in [-0.2, 0) is 19.1 Å². The molecule has 28 heavy (non-hydrogen) atoms. The van der Waals surface area contributed by atoms with Gasteiger partial charge in [0, 0.05) is 24.4 Å². The molecule has 1 aliphatic heterocycles. The number of piperidine rings is 1. The van der Waals surface area contributed by atoms with Crippen molar-refractivity contribution in [1.29, 1.82) is 0 Å². The Morgan fingerprint density at radius 3 is 2.46 bits per heavy atom. The molecule has 2 amide bonds. The number of carbonyl (C=O) groups is 3. The number of nitrogens with one attached hydrogen (secondary N) is 1. The Morgan fingerprint density at radius 2 is 1.93 bits per heavy atom. The summed E-state index contributed by atoms with van der Waals surface area (Å²) in [5, 5.41) is 2.26. The molecule has 0 aromatic rings. The molecule has 2 fully saturated rings. The number of carbonyl (C=O) groups excluding carboxylic acids is 3. The minimum Gasteiger partial charge on any atom is -0.464 e. The van der Waals surface area contributed by atoms with E-state index in [1.807, 2.05) is 0 Å². The van der Waals surface area contributed by atoms with Crippen LogP contribution in [0.3, 0.4) is 0 Å². The monoisotopic (exact) mass is 402 g/mol. The lowest BCUT2D eigenvalue weighted by atomic mass is 9.99. The van der Waals surface area contributed by atoms with E-state index in [2.05, 4.69) is 11.9 Å². The second kappa shape index (κ2) is 7.67. The van der Waals surface area contributed by atoms with Crippen LogP contribution >= 0.6 is 0 Å². The first kappa shape index (κ1) is 22.1. The highest BCUT2D eigenvalue weighted by Gasteiger charge is 2.68. The fraction of sp³-hybridized carbons (Fsp3) is 0.737. The van der Waals surface area contributed by atoms with Crippen molar-refractivity contribution in [2.24, 2.45) is 5.41 Å². The van der Waals surface area contributed by atoms with Crippen molar-refractivity contribution in [3.63, 3.8) is 0 Å². The van der Waals surface area contributed by atoms with Gasteiger partial charge >= 0.3 is 18.0 Å². The van der Waals surface area contributed by atoms with E-state index < -0.39 is 47.4 Å². The third kappa shape index (κ3) is 4.62. The molecule has 9 heteroatoms. The van der Waals surface area contributed by atoms with Gasteiger partial charge in [-0.15, -0.1) is 6.58 Å². The standard InChI is InChI=1S/C19H28F2N2O5/c1-6-8-19(20,21)15(25)22-11-18-9-12(14(24)27-7-2)23(13(18)10-18)16(26)28-17(3,4)5/h6,12-13H,1,7-11H2,2-5H3,(H,22,25)/t12-,13+,18-/m0/s1. The smallest absolute Gasteiger partial charge is 0.411 e. The Morgan fingerprint density at radius 1 is 1.29 bits per heavy atom. The molecule has 3 atom stereocenters. The SMILES string of the molecule is C=CCC(F)(F)C(=O)NC[C@@]12C[C@@H](C(=O)OCC)N(C(=O)OC(C)(C)C)[C@@H]1C2. The summed E-state index contributed by atoms with van der Waals surface area (Å²) in [4.78, 5) is 38.1. The molecule has 0 aromatic carbocycles. The minimum atomic E-state index is -3.55. The van der Waals surface area contributed by atoms with Gasteiger partial charge in [0.1, 0.15) is 11.6 Å². The van der Waals surface area contributed by atoms with Crippen LogP contribution in [0.1, 0.15) is 47.0 Å². The van der Waals surface area contributed by atoms with E-state index in [0.29, 0.717) is 6.42 Å². The quantitative estimate of drug-likeness (QED) is 0.523. The summed E-state index contributed by atoms with van der Waals surface area (Å²) in [6, 6.07) is -1.23. The molecule has 1 saturated carbocycles. The van der Waals surface area contributed by atoms with Crippen LogP contribution < -0.4 is 5.32 Å². The topological polar surface area (TPSA) is 84.9 Å². The van der Waals surface area contributed by atoms with Crippen molar-refractivity contribution < 1.29 is 32.6 Å². The molecule has 0 spiro atoms. The van der Waals surface area contributed by atoms with E-state index in [1.54, 1.807) is 27.7 Å². The average Bonchev–Trinajstić information content (AvgIpc) is 3.15. The first-order chi connectivity index (χ1) is 12.9. The van der Waals surface area contributed by atoms with Crippen LogP contribution in [-0.4, -0.2) is 59.6 Å². The van der Waals surface area contributed by atoms with Gasteiger partial charge in [-0.3, -0.25) is 9.69 Å². The highest BCUT2D eigenvalue weighted by molar-refractivity contribution is 5.85. The molecule has 2 rings (SSSR count). The zero-order chi connectivity index (χ0) is 21.3. The van der Waals surface area contributed by atoms with Crippen LogP contribution in [0.2, 0.25) is 0 Å². The highest BCUT2D eigenvalue weighted by Crippen LogP contribution is 2.59. The maximum Gasteiger partial charge on any atom is 0.411 e. The second-order valence-corrected chi connectivity index (χ2v) is 8.32. The zero-order valence-electron chi connectivity index (χ0n) is 16.7. The normalized spacial score (nSPS) is 26.3. The Hall–Kier alpha value is -2.19. The number of esters is 1. The van der Waals surface area contributed by atoms with Gasteiger partial charge in [0.15, 0.2) is 0 Å². The number of alkyl halides is 2. The number of ether oxygens (including phenoxy) is 2. The van der Waals surface area contributed by atoms with E-state index in [9.17, 15) is 23.2 Å². The number of hydrogen-bond donors (Lipinski definition) is 1. The van der Waals surface area contributed by atoms with Crippen LogP contribution in [0.4, 0.5) is 13.6 Å². The zero-order valence-corrected chi connectivity index (χ0v) is 16.7. The average molecular weight is 402 g/mol.